The minimum atomic E-state index is -0.376. The maximum atomic E-state index is 11.7. The number of halogens is 1. The number of anilines is 1. The number of hydrogen-bond donors (Lipinski definition) is 0. The van der Waals surface area contributed by atoms with Crippen molar-refractivity contribution in [3.8, 4) is 23.3 Å². The second-order valence-corrected chi connectivity index (χ2v) is 6.99. The van der Waals surface area contributed by atoms with Gasteiger partial charge in [0, 0.05) is 22.7 Å². The molecule has 1 aliphatic rings. The monoisotopic (exact) mass is 403 g/mol. The van der Waals surface area contributed by atoms with Gasteiger partial charge in [-0.1, -0.05) is 47.7 Å². The van der Waals surface area contributed by atoms with E-state index in [1.54, 1.807) is 18.2 Å². The molecule has 0 aromatic heterocycles. The fraction of sp³-hybridized carbons (Fsp3) is 0.125. The second kappa shape index (κ2) is 8.30. The first kappa shape index (κ1) is 18.9. The number of para-hydroxylation sites is 1. The molecular weight excluding hydrogens is 386 g/mol. The summed E-state index contributed by atoms with van der Waals surface area (Å²) in [4.78, 5) is 13.8. The predicted molar refractivity (Wildman–Crippen MR) is 114 cm³/mol. The molecule has 0 bridgehead atoms. The predicted octanol–water partition coefficient (Wildman–Crippen LogP) is 5.29. The maximum absolute atomic E-state index is 11.7. The number of benzene rings is 3. The quantitative estimate of drug-likeness (QED) is 0.430. The Labute approximate surface area is 174 Å². The molecule has 1 heterocycles. The zero-order valence-corrected chi connectivity index (χ0v) is 16.6. The highest BCUT2D eigenvalue weighted by atomic mass is 35.5. The summed E-state index contributed by atoms with van der Waals surface area (Å²) in [6, 6.07) is 20.6. The van der Waals surface area contributed by atoms with Crippen molar-refractivity contribution in [1.82, 2.24) is 0 Å². The van der Waals surface area contributed by atoms with Crippen LogP contribution in [0.3, 0.4) is 0 Å². The number of nitrogens with zero attached hydrogens (tertiary/aromatic N) is 1. The number of carbonyl (C=O) groups excluding carboxylic acids is 1. The van der Waals surface area contributed by atoms with Crippen LogP contribution in [0.25, 0.3) is 0 Å². The molecule has 0 atom stereocenters. The van der Waals surface area contributed by atoms with Gasteiger partial charge in [-0.15, -0.1) is 0 Å². The van der Waals surface area contributed by atoms with Gasteiger partial charge in [0.15, 0.2) is 5.75 Å². The molecule has 1 aliphatic heterocycles. The van der Waals surface area contributed by atoms with Crippen molar-refractivity contribution in [2.24, 2.45) is 0 Å². The average Bonchev–Trinajstić information content (AvgIpc) is 2.90. The Morgan fingerprint density at radius 1 is 1.10 bits per heavy atom. The molecule has 0 fully saturated rings. The van der Waals surface area contributed by atoms with Gasteiger partial charge in [0.2, 0.25) is 0 Å². The first-order chi connectivity index (χ1) is 14.1. The molecule has 0 aliphatic carbocycles. The summed E-state index contributed by atoms with van der Waals surface area (Å²) in [5, 5.41) is 0.641. The first-order valence-corrected chi connectivity index (χ1v) is 9.49. The van der Waals surface area contributed by atoms with Crippen LogP contribution in [-0.4, -0.2) is 19.6 Å². The van der Waals surface area contributed by atoms with E-state index < -0.39 is 0 Å². The van der Waals surface area contributed by atoms with Crippen molar-refractivity contribution < 1.29 is 14.3 Å². The molecule has 144 valence electrons. The van der Waals surface area contributed by atoms with Gasteiger partial charge in [0.1, 0.15) is 5.75 Å². The number of carbonyl (C=O) groups is 1. The molecule has 4 rings (SSSR count). The first-order valence-electron chi connectivity index (χ1n) is 9.11. The van der Waals surface area contributed by atoms with Gasteiger partial charge in [-0.25, -0.2) is 4.79 Å². The van der Waals surface area contributed by atoms with Crippen molar-refractivity contribution in [3.05, 3.63) is 88.4 Å². The number of methoxy groups -OCH3 is 1. The molecule has 29 heavy (non-hydrogen) atoms. The highest BCUT2D eigenvalue weighted by Crippen LogP contribution is 2.40. The summed E-state index contributed by atoms with van der Waals surface area (Å²) >= 11 is 6.24. The third kappa shape index (κ3) is 4.21. The lowest BCUT2D eigenvalue weighted by Gasteiger charge is -2.21. The third-order valence-corrected chi connectivity index (χ3v) is 4.84. The van der Waals surface area contributed by atoms with Crippen LogP contribution in [0.1, 0.15) is 21.5 Å². The van der Waals surface area contributed by atoms with E-state index in [1.807, 2.05) is 48.5 Å². The van der Waals surface area contributed by atoms with Gasteiger partial charge >= 0.3 is 5.97 Å². The largest absolute Gasteiger partial charge is 0.465 e. The van der Waals surface area contributed by atoms with Crippen LogP contribution in [-0.2, 0) is 11.3 Å². The summed E-state index contributed by atoms with van der Waals surface area (Å²) in [7, 11) is 1.36. The molecule has 5 heteroatoms. The summed E-state index contributed by atoms with van der Waals surface area (Å²) in [6.45, 7) is 1.13. The van der Waals surface area contributed by atoms with Gasteiger partial charge in [0.25, 0.3) is 0 Å². The van der Waals surface area contributed by atoms with E-state index in [2.05, 4.69) is 16.7 Å². The molecule has 0 radical (unpaired) electrons. The van der Waals surface area contributed by atoms with Gasteiger partial charge in [-0.05, 0) is 42.5 Å². The topological polar surface area (TPSA) is 38.8 Å². The fourth-order valence-electron chi connectivity index (χ4n) is 3.19. The second-order valence-electron chi connectivity index (χ2n) is 6.55. The fourth-order valence-corrected chi connectivity index (χ4v) is 3.35. The molecule has 0 N–H and O–H groups in total. The Balaban J connectivity index is 1.63. The summed E-state index contributed by atoms with van der Waals surface area (Å²) in [6.07, 6.45) is 0. The van der Waals surface area contributed by atoms with E-state index in [1.165, 1.54) is 7.11 Å². The number of ether oxygens (including phenoxy) is 2. The average molecular weight is 404 g/mol. The van der Waals surface area contributed by atoms with E-state index in [4.69, 9.17) is 21.1 Å². The summed E-state index contributed by atoms with van der Waals surface area (Å²) in [5.41, 5.74) is 3.21. The van der Waals surface area contributed by atoms with Gasteiger partial charge < -0.3 is 14.4 Å². The van der Waals surface area contributed by atoms with Crippen molar-refractivity contribution in [2.75, 3.05) is 18.6 Å². The smallest absolute Gasteiger partial charge is 0.337 e. The van der Waals surface area contributed by atoms with E-state index in [0.717, 1.165) is 28.3 Å². The van der Waals surface area contributed by atoms with E-state index in [9.17, 15) is 4.79 Å². The lowest BCUT2D eigenvalue weighted by atomic mass is 10.1. The van der Waals surface area contributed by atoms with Crippen LogP contribution in [0.2, 0.25) is 5.02 Å². The van der Waals surface area contributed by atoms with E-state index in [0.29, 0.717) is 23.7 Å². The lowest BCUT2D eigenvalue weighted by molar-refractivity contribution is 0.0600. The van der Waals surface area contributed by atoms with Crippen LogP contribution in [0.5, 0.6) is 11.5 Å². The van der Waals surface area contributed by atoms with Crippen LogP contribution >= 0.6 is 11.6 Å². The van der Waals surface area contributed by atoms with Crippen molar-refractivity contribution in [1.29, 1.82) is 0 Å². The minimum absolute atomic E-state index is 0.376. The molecule has 0 saturated heterocycles. The molecule has 3 aromatic rings. The highest BCUT2D eigenvalue weighted by molar-refractivity contribution is 6.31. The Morgan fingerprint density at radius 3 is 2.83 bits per heavy atom. The molecule has 0 amide bonds. The standard InChI is InChI=1S/C24H18ClNO3/c1-28-24(27)18-9-4-6-17(14-18)7-5-13-26-16-19-8-2-3-10-22(19)29-23-12-11-20(25)15-21(23)26/h2-4,6,8-12,14-15H,13,16H2,1H3. The molecule has 0 saturated carbocycles. The Bertz CT molecular complexity index is 1130. The zero-order chi connectivity index (χ0) is 20.2. The Kier molecular flexibility index (Phi) is 5.41. The Hall–Kier alpha value is -3.42. The van der Waals surface area contributed by atoms with E-state index >= 15 is 0 Å². The van der Waals surface area contributed by atoms with Crippen molar-refractivity contribution >= 4 is 23.3 Å². The summed E-state index contributed by atoms with van der Waals surface area (Å²) in [5.74, 6) is 7.53. The molecule has 0 unspecified atom stereocenters. The van der Waals surface area contributed by atoms with Gasteiger partial charge in [-0.2, -0.15) is 0 Å². The van der Waals surface area contributed by atoms with Crippen LogP contribution in [0.15, 0.2) is 66.7 Å². The SMILES string of the molecule is COC(=O)c1cccc(C#CCN2Cc3ccccc3Oc3ccc(Cl)cc32)c1. The van der Waals surface area contributed by atoms with Crippen LogP contribution in [0, 0.1) is 11.8 Å². The number of fused-ring (bicyclic) bond motifs is 2. The zero-order valence-electron chi connectivity index (χ0n) is 15.8. The van der Waals surface area contributed by atoms with Gasteiger partial charge in [0.05, 0.1) is 24.9 Å². The van der Waals surface area contributed by atoms with E-state index in [-0.39, 0.29) is 5.97 Å². The third-order valence-electron chi connectivity index (χ3n) is 4.60. The lowest BCUT2D eigenvalue weighted by Crippen LogP contribution is -2.22. The minimum Gasteiger partial charge on any atom is -0.465 e. The van der Waals surface area contributed by atoms with Gasteiger partial charge in [-0.3, -0.25) is 0 Å². The van der Waals surface area contributed by atoms with Crippen LogP contribution < -0.4 is 9.64 Å². The number of esters is 1. The van der Waals surface area contributed by atoms with Crippen molar-refractivity contribution in [3.63, 3.8) is 0 Å². The number of rotatable bonds is 2. The normalized spacial score (nSPS) is 11.9. The maximum Gasteiger partial charge on any atom is 0.337 e. The highest BCUT2D eigenvalue weighted by Gasteiger charge is 2.20. The molecule has 4 nitrogen and oxygen atoms in total. The molecule has 0 spiro atoms. The summed E-state index contributed by atoms with van der Waals surface area (Å²) < 4.78 is 10.9. The number of hydrogen-bond acceptors (Lipinski definition) is 4. The Morgan fingerprint density at radius 2 is 1.97 bits per heavy atom. The van der Waals surface area contributed by atoms with Crippen LogP contribution in [0.4, 0.5) is 5.69 Å². The molecule has 3 aromatic carbocycles. The van der Waals surface area contributed by atoms with Crippen molar-refractivity contribution in [2.45, 2.75) is 6.54 Å². The molecular formula is C24H18ClNO3.